The maximum atomic E-state index is 10.4. The van der Waals surface area contributed by atoms with Gasteiger partial charge in [0.05, 0.1) is 6.07 Å². The van der Waals surface area contributed by atoms with Gasteiger partial charge in [-0.05, 0) is 29.7 Å². The first-order chi connectivity index (χ1) is 8.25. The van der Waals surface area contributed by atoms with Crippen molar-refractivity contribution in [3.05, 3.63) is 57.9 Å². The molecule has 2 aromatic rings. The van der Waals surface area contributed by atoms with Crippen molar-refractivity contribution in [2.75, 3.05) is 0 Å². The average molecular weight is 248 g/mol. The molecule has 2 heterocycles. The highest BCUT2D eigenvalue weighted by Gasteiger charge is 2.09. The highest BCUT2D eigenvalue weighted by Crippen LogP contribution is 2.21. The summed E-state index contributed by atoms with van der Waals surface area (Å²) in [7, 11) is 0. The molecule has 0 aromatic carbocycles. The summed E-state index contributed by atoms with van der Waals surface area (Å²) in [5.41, 5.74) is 0. The first kappa shape index (κ1) is 11.4. The summed E-state index contributed by atoms with van der Waals surface area (Å²) in [6.45, 7) is 0. The van der Waals surface area contributed by atoms with Gasteiger partial charge in [0, 0.05) is 17.3 Å². The number of hydrogen-bond donors (Lipinski definition) is 0. The van der Waals surface area contributed by atoms with Gasteiger partial charge in [-0.1, -0.05) is 11.8 Å². The first-order valence-corrected chi connectivity index (χ1v) is 5.61. The van der Waals surface area contributed by atoms with Crippen molar-refractivity contribution in [3.8, 4) is 0 Å². The van der Waals surface area contributed by atoms with Crippen molar-refractivity contribution in [1.29, 1.82) is 0 Å². The van der Waals surface area contributed by atoms with Crippen molar-refractivity contribution in [1.82, 2.24) is 4.98 Å². The third-order valence-electron chi connectivity index (χ3n) is 1.88. The lowest BCUT2D eigenvalue weighted by atomic mass is 10.4. The third-order valence-corrected chi connectivity index (χ3v) is 2.70. The highest BCUT2D eigenvalue weighted by molar-refractivity contribution is 8.02. The molecule has 0 fully saturated rings. The molecular formula is C11H8N2O3S. The van der Waals surface area contributed by atoms with E-state index in [1.165, 1.54) is 17.8 Å². The standard InChI is InChI=1S/C11H8N2O3S/c14-13(15)11-2-1-9(16-11)5-8-17-10-3-6-12-7-4-10/h1-8H. The Morgan fingerprint density at radius 2 is 2.06 bits per heavy atom. The Bertz CT molecular complexity index is 537. The van der Waals surface area contributed by atoms with Crippen LogP contribution in [0.25, 0.3) is 6.08 Å². The molecule has 17 heavy (non-hydrogen) atoms. The number of furan rings is 1. The second-order valence-corrected chi connectivity index (χ2v) is 4.02. The molecule has 2 aromatic heterocycles. The first-order valence-electron chi connectivity index (χ1n) is 4.73. The van der Waals surface area contributed by atoms with Crippen LogP contribution in [-0.2, 0) is 0 Å². The van der Waals surface area contributed by atoms with Crippen molar-refractivity contribution < 1.29 is 9.34 Å². The number of pyridine rings is 1. The van der Waals surface area contributed by atoms with Gasteiger partial charge in [0.1, 0.15) is 10.7 Å². The Labute approximate surface area is 101 Å². The molecule has 0 saturated heterocycles. The average Bonchev–Trinajstić information content (AvgIpc) is 2.79. The molecule has 5 nitrogen and oxygen atoms in total. The number of thioether (sulfide) groups is 1. The van der Waals surface area contributed by atoms with Gasteiger partial charge in [-0.15, -0.1) is 0 Å². The third kappa shape index (κ3) is 3.18. The minimum absolute atomic E-state index is 0.251. The molecule has 6 heteroatoms. The lowest BCUT2D eigenvalue weighted by Gasteiger charge is -1.92. The summed E-state index contributed by atoms with van der Waals surface area (Å²) in [6.07, 6.45) is 5.08. The minimum atomic E-state index is -0.562. The second-order valence-electron chi connectivity index (χ2n) is 3.04. The number of hydrogen-bond acceptors (Lipinski definition) is 5. The molecule has 0 amide bonds. The van der Waals surface area contributed by atoms with Crippen molar-refractivity contribution in [3.63, 3.8) is 0 Å². The molecule has 0 N–H and O–H groups in total. The van der Waals surface area contributed by atoms with E-state index in [-0.39, 0.29) is 5.88 Å². The molecule has 2 rings (SSSR count). The van der Waals surface area contributed by atoms with Gasteiger partial charge in [0.2, 0.25) is 0 Å². The Balaban J connectivity index is 1.98. The molecule has 0 bridgehead atoms. The molecule has 0 aliphatic heterocycles. The molecule has 0 atom stereocenters. The molecule has 0 aliphatic rings. The van der Waals surface area contributed by atoms with E-state index >= 15 is 0 Å². The minimum Gasteiger partial charge on any atom is -0.401 e. The Kier molecular flexibility index (Phi) is 3.56. The summed E-state index contributed by atoms with van der Waals surface area (Å²) in [6, 6.07) is 6.64. The fourth-order valence-electron chi connectivity index (χ4n) is 1.13. The molecule has 0 unspecified atom stereocenters. The fraction of sp³-hybridized carbons (Fsp3) is 0. The number of aromatic nitrogens is 1. The van der Waals surface area contributed by atoms with Gasteiger partial charge in [-0.2, -0.15) is 0 Å². The molecular weight excluding hydrogens is 240 g/mol. The Morgan fingerprint density at radius 3 is 2.71 bits per heavy atom. The van der Waals surface area contributed by atoms with Gasteiger partial charge < -0.3 is 4.42 Å². The number of rotatable bonds is 4. The number of nitro groups is 1. The molecule has 0 saturated carbocycles. The van der Waals surface area contributed by atoms with Gasteiger partial charge in [-0.25, -0.2) is 0 Å². The largest absolute Gasteiger partial charge is 0.433 e. The normalized spacial score (nSPS) is 10.8. The van der Waals surface area contributed by atoms with Crippen LogP contribution in [0.2, 0.25) is 0 Å². The maximum absolute atomic E-state index is 10.4. The molecule has 0 aliphatic carbocycles. The van der Waals surface area contributed by atoms with Crippen LogP contribution in [0.1, 0.15) is 5.76 Å². The quantitative estimate of drug-likeness (QED) is 0.471. The fourth-order valence-corrected chi connectivity index (χ4v) is 1.76. The summed E-state index contributed by atoms with van der Waals surface area (Å²) in [5.74, 6) is 0.205. The maximum Gasteiger partial charge on any atom is 0.433 e. The topological polar surface area (TPSA) is 69.2 Å². The van der Waals surface area contributed by atoms with Crippen LogP contribution in [0.4, 0.5) is 5.88 Å². The van der Waals surface area contributed by atoms with Crippen LogP contribution in [0, 0.1) is 10.1 Å². The van der Waals surface area contributed by atoms with E-state index in [4.69, 9.17) is 4.42 Å². The van der Waals surface area contributed by atoms with Crippen LogP contribution >= 0.6 is 11.8 Å². The van der Waals surface area contributed by atoms with E-state index in [1.807, 2.05) is 12.1 Å². The molecule has 0 spiro atoms. The van der Waals surface area contributed by atoms with Crippen LogP contribution in [0.15, 0.2) is 51.4 Å². The highest BCUT2D eigenvalue weighted by atomic mass is 32.2. The van der Waals surface area contributed by atoms with E-state index in [0.717, 1.165) is 4.90 Å². The zero-order valence-corrected chi connectivity index (χ0v) is 9.46. The van der Waals surface area contributed by atoms with Crippen molar-refractivity contribution >= 4 is 23.7 Å². The zero-order chi connectivity index (χ0) is 12.1. The van der Waals surface area contributed by atoms with Crippen LogP contribution in [-0.4, -0.2) is 9.91 Å². The van der Waals surface area contributed by atoms with Gasteiger partial charge in [0.25, 0.3) is 0 Å². The summed E-state index contributed by atoms with van der Waals surface area (Å²) in [4.78, 5) is 14.8. The summed E-state index contributed by atoms with van der Waals surface area (Å²) in [5, 5.41) is 12.2. The monoisotopic (exact) mass is 248 g/mol. The van der Waals surface area contributed by atoms with Crippen molar-refractivity contribution in [2.45, 2.75) is 4.90 Å². The van der Waals surface area contributed by atoms with Crippen LogP contribution in [0.3, 0.4) is 0 Å². The van der Waals surface area contributed by atoms with Crippen LogP contribution in [0.5, 0.6) is 0 Å². The smallest absolute Gasteiger partial charge is 0.401 e. The van der Waals surface area contributed by atoms with Crippen molar-refractivity contribution in [2.24, 2.45) is 0 Å². The molecule has 86 valence electrons. The van der Waals surface area contributed by atoms with E-state index in [0.29, 0.717) is 5.76 Å². The second kappa shape index (κ2) is 5.31. The van der Waals surface area contributed by atoms with E-state index < -0.39 is 4.92 Å². The predicted octanol–water partition coefficient (Wildman–Crippen LogP) is 3.35. The van der Waals surface area contributed by atoms with E-state index in [9.17, 15) is 10.1 Å². The van der Waals surface area contributed by atoms with Crippen LogP contribution < -0.4 is 0 Å². The van der Waals surface area contributed by atoms with Gasteiger partial charge in [-0.3, -0.25) is 15.1 Å². The number of nitrogens with zero attached hydrogens (tertiary/aromatic N) is 2. The van der Waals surface area contributed by atoms with E-state index in [2.05, 4.69) is 4.98 Å². The van der Waals surface area contributed by atoms with E-state index in [1.54, 1.807) is 29.9 Å². The SMILES string of the molecule is O=[N+]([O-])c1ccc(C=CSc2ccncc2)o1. The zero-order valence-electron chi connectivity index (χ0n) is 8.65. The van der Waals surface area contributed by atoms with Gasteiger partial charge >= 0.3 is 5.88 Å². The predicted molar refractivity (Wildman–Crippen MR) is 64.5 cm³/mol. The summed E-state index contributed by atoms with van der Waals surface area (Å²) >= 11 is 1.48. The molecule has 0 radical (unpaired) electrons. The van der Waals surface area contributed by atoms with Gasteiger partial charge in [0.15, 0.2) is 0 Å². The summed E-state index contributed by atoms with van der Waals surface area (Å²) < 4.78 is 4.97. The Hall–Kier alpha value is -2.08. The lowest BCUT2D eigenvalue weighted by molar-refractivity contribution is -0.402. The Morgan fingerprint density at radius 1 is 1.29 bits per heavy atom. The lowest BCUT2D eigenvalue weighted by Crippen LogP contribution is -1.82.